The first-order chi connectivity index (χ1) is 12.9. The average molecular weight is 397 g/mol. The van der Waals surface area contributed by atoms with E-state index in [9.17, 15) is 14.3 Å². The van der Waals surface area contributed by atoms with Crippen molar-refractivity contribution in [2.45, 2.75) is 24.0 Å². The lowest BCUT2D eigenvalue weighted by Gasteiger charge is -2.31. The maximum Gasteiger partial charge on any atom is 0.472 e. The summed E-state index contributed by atoms with van der Waals surface area (Å²) in [6.45, 7) is 0.176. The summed E-state index contributed by atoms with van der Waals surface area (Å²) in [5.74, 6) is 0. The van der Waals surface area contributed by atoms with Crippen LogP contribution in [0.3, 0.4) is 0 Å². The van der Waals surface area contributed by atoms with Gasteiger partial charge in [-0.15, -0.1) is 0 Å². The Balaban J connectivity index is 1.75. The second-order valence-corrected chi connectivity index (χ2v) is 8.09. The number of pyridine rings is 1. The van der Waals surface area contributed by atoms with Gasteiger partial charge in [0.15, 0.2) is 6.23 Å². The molecule has 9 nitrogen and oxygen atoms in total. The molecule has 0 radical (unpaired) electrons. The predicted octanol–water partition coefficient (Wildman–Crippen LogP) is 1.45. The molecule has 2 fully saturated rings. The Kier molecular flexibility index (Phi) is 4.72. The third-order valence-corrected chi connectivity index (χ3v) is 5.91. The summed E-state index contributed by atoms with van der Waals surface area (Å²) >= 11 is 0. The average Bonchev–Trinajstić information content (AvgIpc) is 3.13. The summed E-state index contributed by atoms with van der Waals surface area (Å²) in [6.07, 6.45) is -0.912. The highest BCUT2D eigenvalue weighted by Gasteiger charge is 2.64. The monoisotopic (exact) mass is 397 g/mol. The predicted molar refractivity (Wildman–Crippen MR) is 94.4 cm³/mol. The lowest BCUT2D eigenvalue weighted by atomic mass is 10.0. The zero-order valence-corrected chi connectivity index (χ0v) is 15.7. The molecule has 27 heavy (non-hydrogen) atoms. The molecule has 5 atom stereocenters. The zero-order valence-electron chi connectivity index (χ0n) is 14.8. The first kappa shape index (κ1) is 18.8. The number of rotatable bonds is 6. The second-order valence-electron chi connectivity index (χ2n) is 6.57. The van der Waals surface area contributed by atoms with Crippen molar-refractivity contribution in [1.29, 1.82) is 0 Å². The van der Waals surface area contributed by atoms with Crippen molar-refractivity contribution in [3.63, 3.8) is 0 Å². The zero-order chi connectivity index (χ0) is 19.2. The SMILES string of the molecule is COCC12CO[C@@H](C(n3ccc4ccccc4c3=O)O1)C2OP(=O)(O)OC. The number of phosphoric acid groups is 1. The largest absolute Gasteiger partial charge is 0.472 e. The van der Waals surface area contributed by atoms with Gasteiger partial charge in [-0.3, -0.25) is 18.4 Å². The van der Waals surface area contributed by atoms with E-state index >= 15 is 0 Å². The molecule has 2 aromatic rings. The van der Waals surface area contributed by atoms with Crippen LogP contribution in [0, 0.1) is 0 Å². The van der Waals surface area contributed by atoms with E-state index in [2.05, 4.69) is 4.52 Å². The second kappa shape index (κ2) is 6.79. The first-order valence-electron chi connectivity index (χ1n) is 8.36. The van der Waals surface area contributed by atoms with Crippen LogP contribution in [0.15, 0.2) is 41.3 Å². The molecule has 0 saturated carbocycles. The maximum absolute atomic E-state index is 12.9. The van der Waals surface area contributed by atoms with E-state index in [-0.39, 0.29) is 18.8 Å². The summed E-state index contributed by atoms with van der Waals surface area (Å²) < 4.78 is 40.3. The number of phosphoric ester groups is 1. The van der Waals surface area contributed by atoms with Gasteiger partial charge in [0.2, 0.25) is 0 Å². The Labute approximate surface area is 155 Å². The first-order valence-corrected chi connectivity index (χ1v) is 9.85. The quantitative estimate of drug-likeness (QED) is 0.731. The van der Waals surface area contributed by atoms with Crippen molar-refractivity contribution in [1.82, 2.24) is 4.57 Å². The molecule has 0 aliphatic carbocycles. The summed E-state index contributed by atoms with van der Waals surface area (Å²) in [6, 6.07) is 9.01. The number of nitrogens with zero attached hydrogens (tertiary/aromatic N) is 1. The van der Waals surface area contributed by atoms with E-state index in [0.717, 1.165) is 12.5 Å². The van der Waals surface area contributed by atoms with Gasteiger partial charge in [0.1, 0.15) is 17.8 Å². The standard InChI is InChI=1S/C17H20NO8P/c1-22-9-17-10-24-13(14(17)26-27(20,21)23-2)16(25-17)18-8-7-11-5-3-4-6-12(11)15(18)19/h3-8,13-14,16H,9-10H2,1-2H3,(H,20,21)/t13-,14?,16?,17?/m1/s1. The summed E-state index contributed by atoms with van der Waals surface area (Å²) in [5, 5.41) is 1.34. The van der Waals surface area contributed by atoms with Gasteiger partial charge in [0.05, 0.1) is 13.2 Å². The van der Waals surface area contributed by atoms with Crippen LogP contribution in [0.4, 0.5) is 0 Å². The van der Waals surface area contributed by atoms with Crippen molar-refractivity contribution >= 4 is 18.6 Å². The Morgan fingerprint density at radius 3 is 2.85 bits per heavy atom. The van der Waals surface area contributed by atoms with Gasteiger partial charge in [0, 0.05) is 25.8 Å². The van der Waals surface area contributed by atoms with Crippen LogP contribution in [-0.4, -0.2) is 54.7 Å². The minimum atomic E-state index is -4.30. The van der Waals surface area contributed by atoms with Gasteiger partial charge in [-0.05, 0) is 17.5 Å². The number of methoxy groups -OCH3 is 1. The lowest BCUT2D eigenvalue weighted by Crippen LogP contribution is -2.45. The Morgan fingerprint density at radius 1 is 1.33 bits per heavy atom. The van der Waals surface area contributed by atoms with Crippen LogP contribution >= 0.6 is 7.82 Å². The number of ether oxygens (including phenoxy) is 3. The van der Waals surface area contributed by atoms with Crippen molar-refractivity contribution in [2.75, 3.05) is 27.4 Å². The maximum atomic E-state index is 12.9. The molecule has 10 heteroatoms. The van der Waals surface area contributed by atoms with Gasteiger partial charge in [-0.1, -0.05) is 18.2 Å². The smallest absolute Gasteiger partial charge is 0.381 e. The van der Waals surface area contributed by atoms with Gasteiger partial charge in [-0.2, -0.15) is 0 Å². The Morgan fingerprint density at radius 2 is 2.11 bits per heavy atom. The van der Waals surface area contributed by atoms with Crippen molar-refractivity contribution < 1.29 is 32.7 Å². The molecular weight excluding hydrogens is 377 g/mol. The molecule has 1 N–H and O–H groups in total. The Hall–Kier alpha value is -1.58. The van der Waals surface area contributed by atoms with Gasteiger partial charge in [0.25, 0.3) is 5.56 Å². The number of hydrogen-bond donors (Lipinski definition) is 1. The molecule has 3 heterocycles. The lowest BCUT2D eigenvalue weighted by molar-refractivity contribution is -0.190. The van der Waals surface area contributed by atoms with Crippen molar-refractivity contribution in [2.24, 2.45) is 0 Å². The minimum absolute atomic E-state index is 0.0662. The van der Waals surface area contributed by atoms with E-state index in [4.69, 9.17) is 18.7 Å². The highest BCUT2D eigenvalue weighted by Crippen LogP contribution is 2.54. The van der Waals surface area contributed by atoms with E-state index in [0.29, 0.717) is 5.39 Å². The molecule has 4 unspecified atom stereocenters. The number of hydrogen-bond acceptors (Lipinski definition) is 7. The molecule has 2 bridgehead atoms. The van der Waals surface area contributed by atoms with E-state index in [1.807, 2.05) is 12.1 Å². The van der Waals surface area contributed by atoms with Crippen LogP contribution in [0.25, 0.3) is 10.8 Å². The third kappa shape index (κ3) is 3.05. The van der Waals surface area contributed by atoms with E-state index in [1.165, 1.54) is 11.7 Å². The molecule has 2 saturated heterocycles. The van der Waals surface area contributed by atoms with Gasteiger partial charge in [-0.25, -0.2) is 4.57 Å². The van der Waals surface area contributed by atoms with Crippen LogP contribution in [0.2, 0.25) is 0 Å². The summed E-state index contributed by atoms with van der Waals surface area (Å²) in [7, 11) is -1.74. The molecular formula is C17H20NO8P. The molecule has 0 spiro atoms. The van der Waals surface area contributed by atoms with Crippen LogP contribution in [0.1, 0.15) is 6.23 Å². The summed E-state index contributed by atoms with van der Waals surface area (Å²) in [5.41, 5.74) is -1.37. The molecule has 146 valence electrons. The fraction of sp³-hybridized carbons (Fsp3) is 0.471. The third-order valence-electron chi connectivity index (χ3n) is 4.95. The minimum Gasteiger partial charge on any atom is -0.381 e. The molecule has 0 amide bonds. The molecule has 2 aliphatic rings. The highest BCUT2D eigenvalue weighted by molar-refractivity contribution is 7.47. The highest BCUT2D eigenvalue weighted by atomic mass is 31.2. The summed E-state index contributed by atoms with van der Waals surface area (Å²) in [4.78, 5) is 22.7. The molecule has 1 aromatic heterocycles. The molecule has 4 rings (SSSR count). The Bertz CT molecular complexity index is 961. The number of fused-ring (bicyclic) bond motifs is 3. The van der Waals surface area contributed by atoms with Crippen molar-refractivity contribution in [3.8, 4) is 0 Å². The van der Waals surface area contributed by atoms with Crippen molar-refractivity contribution in [3.05, 3.63) is 46.9 Å². The molecule has 1 aromatic carbocycles. The normalized spacial score (nSPS) is 32.0. The van der Waals surface area contributed by atoms with Crippen LogP contribution in [-0.2, 0) is 27.8 Å². The topological polar surface area (TPSA) is 105 Å². The van der Waals surface area contributed by atoms with E-state index < -0.39 is 31.9 Å². The van der Waals surface area contributed by atoms with Gasteiger partial charge >= 0.3 is 7.82 Å². The fourth-order valence-electron chi connectivity index (χ4n) is 3.71. The van der Waals surface area contributed by atoms with Crippen LogP contribution < -0.4 is 5.56 Å². The van der Waals surface area contributed by atoms with Gasteiger partial charge < -0.3 is 19.1 Å². The van der Waals surface area contributed by atoms with E-state index in [1.54, 1.807) is 24.4 Å². The fourth-order valence-corrected chi connectivity index (χ4v) is 4.40. The molecule has 2 aliphatic heterocycles. The number of aromatic nitrogens is 1. The van der Waals surface area contributed by atoms with Crippen LogP contribution in [0.5, 0.6) is 0 Å². The number of benzene rings is 1.